The number of unbranched alkanes of at least 4 members (excludes halogenated alkanes) is 1. The third kappa shape index (κ3) is 4.79. The Morgan fingerprint density at radius 2 is 2.06 bits per heavy atom. The van der Waals surface area contributed by atoms with Gasteiger partial charge in [0.25, 0.3) is 0 Å². The minimum atomic E-state index is -0.140. The van der Waals surface area contributed by atoms with Crippen LogP contribution in [0.15, 0.2) is 30.3 Å². The van der Waals surface area contributed by atoms with Gasteiger partial charge in [-0.3, -0.25) is 4.79 Å². The van der Waals surface area contributed by atoms with E-state index in [0.717, 1.165) is 18.4 Å². The van der Waals surface area contributed by atoms with Gasteiger partial charge in [0.05, 0.1) is 13.0 Å². The number of hydrogen-bond donors (Lipinski definition) is 0. The van der Waals surface area contributed by atoms with E-state index < -0.39 is 0 Å². The van der Waals surface area contributed by atoms with E-state index in [1.54, 1.807) is 0 Å². The predicted octanol–water partition coefficient (Wildman–Crippen LogP) is 3.86. The second-order valence-corrected chi connectivity index (χ2v) is 4.76. The highest BCUT2D eigenvalue weighted by Gasteiger charge is 2.13. The number of rotatable bonds is 6. The molecule has 1 unspecified atom stereocenters. The summed E-state index contributed by atoms with van der Waals surface area (Å²) in [6.07, 6.45) is 2.36. The van der Waals surface area contributed by atoms with Crippen LogP contribution in [0, 0.1) is 0 Å². The molecular weight excluding hydrogens is 268 g/mol. The van der Waals surface area contributed by atoms with E-state index in [4.69, 9.17) is 4.74 Å². The van der Waals surface area contributed by atoms with Gasteiger partial charge >= 0.3 is 5.97 Å². The fourth-order valence-electron chi connectivity index (χ4n) is 1.32. The molecule has 16 heavy (non-hydrogen) atoms. The number of hydrogen-bond acceptors (Lipinski definition) is 2. The van der Waals surface area contributed by atoms with Crippen LogP contribution in [0.3, 0.4) is 0 Å². The number of halogens is 1. The quantitative estimate of drug-likeness (QED) is 0.451. The average Bonchev–Trinajstić information content (AvgIpc) is 2.30. The summed E-state index contributed by atoms with van der Waals surface area (Å²) in [5.74, 6) is -0.140. The molecule has 0 N–H and O–H groups in total. The molecule has 2 nitrogen and oxygen atoms in total. The van der Waals surface area contributed by atoms with Gasteiger partial charge in [-0.15, -0.1) is 0 Å². The number of ether oxygens (including phenoxy) is 1. The van der Waals surface area contributed by atoms with Crippen LogP contribution in [0.4, 0.5) is 0 Å². The largest absolute Gasteiger partial charge is 0.466 e. The van der Waals surface area contributed by atoms with E-state index >= 15 is 0 Å². The van der Waals surface area contributed by atoms with Crippen LogP contribution in [-0.4, -0.2) is 12.6 Å². The molecule has 0 radical (unpaired) electrons. The highest BCUT2D eigenvalue weighted by Crippen LogP contribution is 2.26. The second kappa shape index (κ2) is 7.44. The number of benzene rings is 1. The molecule has 0 aliphatic heterocycles. The van der Waals surface area contributed by atoms with Gasteiger partial charge in [0.1, 0.15) is 0 Å². The van der Waals surface area contributed by atoms with Gasteiger partial charge in [0.2, 0.25) is 0 Å². The minimum Gasteiger partial charge on any atom is -0.466 e. The molecular formula is C13H17BrO2. The molecule has 0 saturated carbocycles. The molecule has 3 heteroatoms. The Hall–Kier alpha value is -0.830. The summed E-state index contributed by atoms with van der Waals surface area (Å²) in [6.45, 7) is 2.61. The van der Waals surface area contributed by atoms with Crippen molar-refractivity contribution in [3.8, 4) is 0 Å². The molecule has 1 atom stereocenters. The van der Waals surface area contributed by atoms with Crippen molar-refractivity contribution in [2.24, 2.45) is 0 Å². The molecule has 1 aromatic rings. The van der Waals surface area contributed by atoms with Gasteiger partial charge < -0.3 is 4.74 Å². The SMILES string of the molecule is CCCCOC(=O)CC(Br)c1ccccc1. The molecule has 0 heterocycles. The lowest BCUT2D eigenvalue weighted by Crippen LogP contribution is -2.08. The van der Waals surface area contributed by atoms with Gasteiger partial charge in [-0.05, 0) is 12.0 Å². The molecule has 0 fully saturated rings. The Balaban J connectivity index is 2.34. The fraction of sp³-hybridized carbons (Fsp3) is 0.462. The van der Waals surface area contributed by atoms with Gasteiger partial charge in [0.15, 0.2) is 0 Å². The fourth-order valence-corrected chi connectivity index (χ4v) is 1.88. The maximum absolute atomic E-state index is 11.4. The third-order valence-corrected chi connectivity index (χ3v) is 3.12. The topological polar surface area (TPSA) is 26.3 Å². The Morgan fingerprint density at radius 1 is 1.38 bits per heavy atom. The van der Waals surface area contributed by atoms with Crippen molar-refractivity contribution in [1.29, 1.82) is 0 Å². The molecule has 0 spiro atoms. The van der Waals surface area contributed by atoms with Crippen molar-refractivity contribution in [2.75, 3.05) is 6.61 Å². The zero-order chi connectivity index (χ0) is 11.8. The Kier molecular flexibility index (Phi) is 6.16. The van der Waals surface area contributed by atoms with E-state index in [2.05, 4.69) is 22.9 Å². The first-order chi connectivity index (χ1) is 7.74. The van der Waals surface area contributed by atoms with Crippen LogP contribution in [-0.2, 0) is 9.53 Å². The van der Waals surface area contributed by atoms with Crippen molar-refractivity contribution >= 4 is 21.9 Å². The van der Waals surface area contributed by atoms with Crippen LogP contribution < -0.4 is 0 Å². The van der Waals surface area contributed by atoms with Gasteiger partial charge in [0, 0.05) is 4.83 Å². The standard InChI is InChI=1S/C13H17BrO2/c1-2-3-9-16-13(15)10-12(14)11-7-5-4-6-8-11/h4-8,12H,2-3,9-10H2,1H3. The molecule has 0 bridgehead atoms. The van der Waals surface area contributed by atoms with Crippen LogP contribution in [0.25, 0.3) is 0 Å². The lowest BCUT2D eigenvalue weighted by Gasteiger charge is -2.09. The Bertz CT molecular complexity index is 311. The summed E-state index contributed by atoms with van der Waals surface area (Å²) in [7, 11) is 0. The summed E-state index contributed by atoms with van der Waals surface area (Å²) in [5.41, 5.74) is 1.11. The molecule has 0 aliphatic carbocycles. The molecule has 88 valence electrons. The molecule has 1 aromatic carbocycles. The summed E-state index contributed by atoms with van der Waals surface area (Å²) in [4.78, 5) is 11.5. The van der Waals surface area contributed by atoms with Crippen LogP contribution in [0.1, 0.15) is 36.6 Å². The number of alkyl halides is 1. The predicted molar refractivity (Wildman–Crippen MR) is 68.6 cm³/mol. The lowest BCUT2D eigenvalue weighted by atomic mass is 10.1. The molecule has 1 rings (SSSR count). The van der Waals surface area contributed by atoms with Crippen molar-refractivity contribution < 1.29 is 9.53 Å². The lowest BCUT2D eigenvalue weighted by molar-refractivity contribution is -0.143. The first-order valence-electron chi connectivity index (χ1n) is 5.58. The minimum absolute atomic E-state index is 0.0443. The van der Waals surface area contributed by atoms with E-state index in [-0.39, 0.29) is 10.8 Å². The monoisotopic (exact) mass is 284 g/mol. The number of carbonyl (C=O) groups is 1. The summed E-state index contributed by atoms with van der Waals surface area (Å²) < 4.78 is 5.11. The Labute approximate surface area is 105 Å². The smallest absolute Gasteiger partial charge is 0.307 e. The van der Waals surface area contributed by atoms with E-state index in [1.165, 1.54) is 0 Å². The van der Waals surface area contributed by atoms with Crippen molar-refractivity contribution in [1.82, 2.24) is 0 Å². The zero-order valence-corrected chi connectivity index (χ0v) is 11.1. The van der Waals surface area contributed by atoms with Gasteiger partial charge in [-0.25, -0.2) is 0 Å². The highest BCUT2D eigenvalue weighted by molar-refractivity contribution is 9.09. The summed E-state index contributed by atoms with van der Waals surface area (Å²) in [5, 5.41) is 0. The van der Waals surface area contributed by atoms with Gasteiger partial charge in [-0.1, -0.05) is 59.6 Å². The van der Waals surface area contributed by atoms with Crippen molar-refractivity contribution in [2.45, 2.75) is 31.0 Å². The summed E-state index contributed by atoms with van der Waals surface area (Å²) >= 11 is 3.49. The maximum Gasteiger partial charge on any atom is 0.307 e. The highest BCUT2D eigenvalue weighted by atomic mass is 79.9. The average molecular weight is 285 g/mol. The zero-order valence-electron chi connectivity index (χ0n) is 9.49. The molecule has 0 aliphatic rings. The van der Waals surface area contributed by atoms with Gasteiger partial charge in [-0.2, -0.15) is 0 Å². The number of esters is 1. The van der Waals surface area contributed by atoms with E-state index in [1.807, 2.05) is 30.3 Å². The second-order valence-electron chi connectivity index (χ2n) is 3.66. The first kappa shape index (κ1) is 13.2. The molecule has 0 saturated heterocycles. The molecule has 0 aromatic heterocycles. The normalized spacial score (nSPS) is 12.1. The van der Waals surface area contributed by atoms with Crippen LogP contribution >= 0.6 is 15.9 Å². The summed E-state index contributed by atoms with van der Waals surface area (Å²) in [6, 6.07) is 9.89. The Morgan fingerprint density at radius 3 is 2.69 bits per heavy atom. The van der Waals surface area contributed by atoms with E-state index in [0.29, 0.717) is 13.0 Å². The van der Waals surface area contributed by atoms with Crippen molar-refractivity contribution in [3.63, 3.8) is 0 Å². The van der Waals surface area contributed by atoms with E-state index in [9.17, 15) is 4.79 Å². The van der Waals surface area contributed by atoms with Crippen LogP contribution in [0.2, 0.25) is 0 Å². The maximum atomic E-state index is 11.4. The number of carbonyl (C=O) groups excluding carboxylic acids is 1. The van der Waals surface area contributed by atoms with Crippen molar-refractivity contribution in [3.05, 3.63) is 35.9 Å². The molecule has 0 amide bonds. The van der Waals surface area contributed by atoms with Crippen LogP contribution in [0.5, 0.6) is 0 Å². The first-order valence-corrected chi connectivity index (χ1v) is 6.50. The third-order valence-electron chi connectivity index (χ3n) is 2.27.